The van der Waals surface area contributed by atoms with Gasteiger partial charge in [-0.2, -0.15) is 0 Å². The van der Waals surface area contributed by atoms with Gasteiger partial charge in [0.2, 0.25) is 0 Å². The van der Waals surface area contributed by atoms with Crippen molar-refractivity contribution in [2.75, 3.05) is 6.54 Å². The quantitative estimate of drug-likeness (QED) is 0.696. The lowest BCUT2D eigenvalue weighted by Crippen LogP contribution is -2.45. The Bertz CT molecular complexity index is 968. The van der Waals surface area contributed by atoms with Crippen molar-refractivity contribution >= 4 is 5.97 Å². The van der Waals surface area contributed by atoms with Gasteiger partial charge in [-0.1, -0.05) is 55.3 Å². The minimum absolute atomic E-state index is 0.203. The van der Waals surface area contributed by atoms with Gasteiger partial charge >= 0.3 is 5.97 Å². The van der Waals surface area contributed by atoms with Crippen LogP contribution in [0.1, 0.15) is 43.2 Å². The molecule has 2 aromatic carbocycles. The van der Waals surface area contributed by atoms with Gasteiger partial charge in [0.25, 0.3) is 0 Å². The van der Waals surface area contributed by atoms with Crippen LogP contribution in [0.2, 0.25) is 0 Å². The van der Waals surface area contributed by atoms with Crippen molar-refractivity contribution in [2.24, 2.45) is 11.8 Å². The molecule has 3 atom stereocenters. The molecule has 31 heavy (non-hydrogen) atoms. The predicted molar refractivity (Wildman–Crippen MR) is 115 cm³/mol. The first-order valence-electron chi connectivity index (χ1n) is 11.2. The molecule has 2 fully saturated rings. The number of carbonyl (C=O) groups is 1. The maximum absolute atomic E-state index is 13.5. The van der Waals surface area contributed by atoms with Gasteiger partial charge in [-0.3, -0.25) is 0 Å². The second-order valence-electron chi connectivity index (χ2n) is 9.11. The van der Waals surface area contributed by atoms with E-state index in [1.54, 1.807) is 0 Å². The summed E-state index contributed by atoms with van der Waals surface area (Å²) in [6.07, 6.45) is 6.10. The number of halogens is 1. The van der Waals surface area contributed by atoms with Crippen LogP contribution in [-0.2, 0) is 21.7 Å². The molecule has 162 valence electrons. The van der Waals surface area contributed by atoms with Crippen LogP contribution in [0, 0.1) is 17.7 Å². The molecule has 2 aromatic rings. The monoisotopic (exact) mass is 421 g/mol. The van der Waals surface area contributed by atoms with Crippen LogP contribution in [0.5, 0.6) is 0 Å². The van der Waals surface area contributed by atoms with E-state index >= 15 is 0 Å². The number of hydrogen-bond donors (Lipinski definition) is 1. The number of carbonyl (C=O) groups excluding carboxylic acids is 1. The Balaban J connectivity index is 1.33. The van der Waals surface area contributed by atoms with Gasteiger partial charge in [0.05, 0.1) is 0 Å². The van der Waals surface area contributed by atoms with Crippen molar-refractivity contribution in [1.82, 2.24) is 4.90 Å². The largest absolute Gasteiger partial charge is 0.455 e. The third-order valence-corrected chi connectivity index (χ3v) is 7.15. The van der Waals surface area contributed by atoms with Crippen molar-refractivity contribution in [3.05, 3.63) is 83.3 Å². The van der Waals surface area contributed by atoms with Crippen molar-refractivity contribution < 1.29 is 19.0 Å². The first kappa shape index (κ1) is 20.3. The number of aliphatic hydroxyl groups is 1. The molecule has 5 rings (SSSR count). The Morgan fingerprint density at radius 2 is 1.81 bits per heavy atom. The summed E-state index contributed by atoms with van der Waals surface area (Å²) in [5.74, 6) is -0.979. The lowest BCUT2D eigenvalue weighted by Gasteiger charge is -2.34. The van der Waals surface area contributed by atoms with E-state index in [4.69, 9.17) is 4.74 Å². The molecule has 0 aromatic heterocycles. The zero-order valence-electron chi connectivity index (χ0n) is 17.5. The van der Waals surface area contributed by atoms with Crippen LogP contribution in [0.15, 0.2) is 66.4 Å². The molecule has 1 aliphatic heterocycles. The van der Waals surface area contributed by atoms with E-state index in [-0.39, 0.29) is 23.8 Å². The number of rotatable bonds is 6. The summed E-state index contributed by atoms with van der Waals surface area (Å²) < 4.78 is 19.4. The van der Waals surface area contributed by atoms with Crippen molar-refractivity contribution in [3.63, 3.8) is 0 Å². The van der Waals surface area contributed by atoms with Crippen LogP contribution >= 0.6 is 0 Å². The molecule has 2 bridgehead atoms. The molecule has 0 radical (unpaired) electrons. The molecule has 1 heterocycles. The van der Waals surface area contributed by atoms with Gasteiger partial charge in [-0.05, 0) is 48.6 Å². The first-order chi connectivity index (χ1) is 15.0. The summed E-state index contributed by atoms with van der Waals surface area (Å²) in [7, 11) is 0. The second-order valence-corrected chi connectivity index (χ2v) is 9.11. The number of nitrogens with zero attached hydrogens (tertiary/aromatic N) is 1. The molecule has 1 saturated heterocycles. The van der Waals surface area contributed by atoms with E-state index in [2.05, 4.69) is 17.0 Å². The van der Waals surface area contributed by atoms with E-state index in [0.717, 1.165) is 45.2 Å². The number of hydrogen-bond acceptors (Lipinski definition) is 4. The Hall–Kier alpha value is -2.66. The summed E-state index contributed by atoms with van der Waals surface area (Å²) in [4.78, 5) is 15.7. The van der Waals surface area contributed by atoms with Crippen LogP contribution in [0.4, 0.5) is 4.39 Å². The molecule has 1 saturated carbocycles. The van der Waals surface area contributed by atoms with Crippen LogP contribution in [0.25, 0.3) is 0 Å². The normalized spacial score (nSPS) is 24.8. The minimum atomic E-state index is -1.73. The standard InChI is InChI=1S/C26H28FNO3/c27-22-12-10-21(11-13-22)26(30,20-8-4-5-9-20)25(29)31-24-15-23-14-19(24)17-28(23)16-18-6-2-1-3-7-18/h1-3,6-7,10-13,15,19-20,24,30H,4-5,8-9,14,16-17H2. The fourth-order valence-corrected chi connectivity index (χ4v) is 5.46. The summed E-state index contributed by atoms with van der Waals surface area (Å²) in [6, 6.07) is 16.0. The summed E-state index contributed by atoms with van der Waals surface area (Å²) in [5.41, 5.74) is 1.16. The van der Waals surface area contributed by atoms with Crippen LogP contribution < -0.4 is 0 Å². The fourth-order valence-electron chi connectivity index (χ4n) is 5.46. The molecule has 0 amide bonds. The summed E-state index contributed by atoms with van der Waals surface area (Å²) in [5, 5.41) is 11.6. The van der Waals surface area contributed by atoms with Gasteiger partial charge in [-0.25, -0.2) is 9.18 Å². The highest BCUT2D eigenvalue weighted by Gasteiger charge is 2.50. The van der Waals surface area contributed by atoms with E-state index in [1.165, 1.54) is 35.5 Å². The molecular formula is C26H28FNO3. The van der Waals surface area contributed by atoms with E-state index in [0.29, 0.717) is 5.56 Å². The van der Waals surface area contributed by atoms with Gasteiger partial charge in [0.15, 0.2) is 5.60 Å². The van der Waals surface area contributed by atoms with Gasteiger partial charge in [0.1, 0.15) is 11.9 Å². The number of allylic oxidation sites excluding steroid dienone is 1. The third-order valence-electron chi connectivity index (χ3n) is 7.15. The first-order valence-corrected chi connectivity index (χ1v) is 11.2. The molecule has 0 spiro atoms. The zero-order chi connectivity index (χ0) is 21.4. The van der Waals surface area contributed by atoms with E-state index < -0.39 is 11.6 Å². The van der Waals surface area contributed by atoms with Crippen molar-refractivity contribution in [2.45, 2.75) is 50.4 Å². The Kier molecular flexibility index (Phi) is 5.30. The zero-order valence-corrected chi connectivity index (χ0v) is 17.5. The average molecular weight is 422 g/mol. The summed E-state index contributed by atoms with van der Waals surface area (Å²) >= 11 is 0. The topological polar surface area (TPSA) is 49.8 Å². The molecule has 1 N–H and O–H groups in total. The van der Waals surface area contributed by atoms with Crippen LogP contribution in [-0.4, -0.2) is 28.6 Å². The number of likely N-dealkylation sites (tertiary alicyclic amines) is 1. The van der Waals surface area contributed by atoms with E-state index in [9.17, 15) is 14.3 Å². The molecular weight excluding hydrogens is 393 g/mol. The highest BCUT2D eigenvalue weighted by molar-refractivity contribution is 5.82. The van der Waals surface area contributed by atoms with Crippen molar-refractivity contribution in [3.8, 4) is 0 Å². The highest BCUT2D eigenvalue weighted by Crippen LogP contribution is 2.44. The number of ether oxygens (including phenoxy) is 1. The summed E-state index contributed by atoms with van der Waals surface area (Å²) in [6.45, 7) is 1.70. The average Bonchev–Trinajstić information content (AvgIpc) is 3.52. The molecule has 2 aliphatic carbocycles. The Morgan fingerprint density at radius 3 is 2.45 bits per heavy atom. The fraction of sp³-hybridized carbons (Fsp3) is 0.423. The Labute approximate surface area is 182 Å². The molecule has 3 unspecified atom stereocenters. The Morgan fingerprint density at radius 1 is 1.10 bits per heavy atom. The molecule has 3 aliphatic rings. The SMILES string of the molecule is O=C(OC1C=C2CC1CN2Cc1ccccc1)C(O)(c1ccc(F)cc1)C1CCCC1. The lowest BCUT2D eigenvalue weighted by atomic mass is 9.80. The second kappa shape index (κ2) is 8.12. The molecule has 4 nitrogen and oxygen atoms in total. The lowest BCUT2D eigenvalue weighted by molar-refractivity contribution is -0.179. The maximum Gasteiger partial charge on any atom is 0.343 e. The number of fused-ring (bicyclic) bond motifs is 2. The number of benzene rings is 2. The maximum atomic E-state index is 13.5. The molecule has 5 heteroatoms. The van der Waals surface area contributed by atoms with Crippen LogP contribution in [0.3, 0.4) is 0 Å². The minimum Gasteiger partial charge on any atom is -0.455 e. The third kappa shape index (κ3) is 3.76. The number of esters is 1. The smallest absolute Gasteiger partial charge is 0.343 e. The van der Waals surface area contributed by atoms with Crippen molar-refractivity contribution in [1.29, 1.82) is 0 Å². The van der Waals surface area contributed by atoms with Gasteiger partial charge in [-0.15, -0.1) is 0 Å². The van der Waals surface area contributed by atoms with Gasteiger partial charge < -0.3 is 14.7 Å². The predicted octanol–water partition coefficient (Wildman–Crippen LogP) is 4.53. The highest BCUT2D eigenvalue weighted by atomic mass is 19.1. The van der Waals surface area contributed by atoms with Gasteiger partial charge in [0, 0.05) is 30.6 Å². The van der Waals surface area contributed by atoms with E-state index in [1.807, 2.05) is 24.3 Å².